The van der Waals surface area contributed by atoms with Crippen molar-refractivity contribution in [3.8, 4) is 11.3 Å². The summed E-state index contributed by atoms with van der Waals surface area (Å²) in [4.78, 5) is 27.6. The van der Waals surface area contributed by atoms with Crippen LogP contribution in [0.4, 0.5) is 5.69 Å². The van der Waals surface area contributed by atoms with Gasteiger partial charge in [-0.1, -0.05) is 53.7 Å². The molecule has 2 atom stereocenters. The van der Waals surface area contributed by atoms with Gasteiger partial charge in [0, 0.05) is 17.3 Å². The number of rotatable bonds is 6. The lowest BCUT2D eigenvalue weighted by Crippen LogP contribution is -2.52. The molecule has 0 radical (unpaired) electrons. The average Bonchev–Trinajstić information content (AvgIpc) is 3.24. The molecule has 160 valence electrons. The molecule has 4 rings (SSSR count). The van der Waals surface area contributed by atoms with Crippen molar-refractivity contribution in [3.63, 3.8) is 0 Å². The largest absolute Gasteiger partial charge is 0.359 e. The zero-order valence-corrected chi connectivity index (χ0v) is 17.7. The standard InChI is InChI=1S/C24H26N4O3/c1-16(25-2)23(29)26-20-13-12-18-10-6-7-11-22(18)28(24(20)30)15-19-14-21(27-31-19)17-8-4-3-5-9-17/h3-11,14,16,20,25H,12-13,15H2,1-2H3,(H,26,29)/t16-,20-/m0/s1. The molecular formula is C24H26N4O3. The van der Waals surface area contributed by atoms with Crippen LogP contribution in [0.2, 0.25) is 0 Å². The second kappa shape index (κ2) is 9.14. The predicted molar refractivity (Wildman–Crippen MR) is 118 cm³/mol. The zero-order chi connectivity index (χ0) is 21.8. The van der Waals surface area contributed by atoms with E-state index in [9.17, 15) is 9.59 Å². The number of fused-ring (bicyclic) bond motifs is 1. The highest BCUT2D eigenvalue weighted by molar-refractivity contribution is 6.00. The molecule has 3 aromatic rings. The summed E-state index contributed by atoms with van der Waals surface area (Å²) in [5.74, 6) is 0.231. The molecule has 0 saturated heterocycles. The predicted octanol–water partition coefficient (Wildman–Crippen LogP) is 2.91. The third-order valence-electron chi connectivity index (χ3n) is 5.63. The number of carbonyl (C=O) groups excluding carboxylic acids is 2. The van der Waals surface area contributed by atoms with Gasteiger partial charge in [0.05, 0.1) is 12.6 Å². The van der Waals surface area contributed by atoms with Gasteiger partial charge in [-0.25, -0.2) is 0 Å². The topological polar surface area (TPSA) is 87.5 Å². The molecule has 1 aromatic heterocycles. The van der Waals surface area contributed by atoms with Gasteiger partial charge < -0.3 is 20.1 Å². The van der Waals surface area contributed by atoms with E-state index in [1.807, 2.05) is 60.7 Å². The number of nitrogens with one attached hydrogen (secondary N) is 2. The van der Waals surface area contributed by atoms with E-state index in [1.165, 1.54) is 0 Å². The fourth-order valence-corrected chi connectivity index (χ4v) is 3.73. The number of benzene rings is 2. The molecule has 0 aliphatic carbocycles. The highest BCUT2D eigenvalue weighted by Crippen LogP contribution is 2.29. The van der Waals surface area contributed by atoms with E-state index in [0.717, 1.165) is 22.5 Å². The van der Waals surface area contributed by atoms with Gasteiger partial charge in [0.1, 0.15) is 11.7 Å². The first kappa shape index (κ1) is 20.8. The molecule has 0 fully saturated rings. The molecule has 0 spiro atoms. The molecule has 0 unspecified atom stereocenters. The Balaban J connectivity index is 1.61. The number of anilines is 1. The molecule has 2 heterocycles. The summed E-state index contributed by atoms with van der Waals surface area (Å²) in [6.07, 6.45) is 1.24. The van der Waals surface area contributed by atoms with Crippen LogP contribution in [0.3, 0.4) is 0 Å². The summed E-state index contributed by atoms with van der Waals surface area (Å²) in [5, 5.41) is 9.98. The van der Waals surface area contributed by atoms with E-state index in [2.05, 4.69) is 15.8 Å². The maximum absolute atomic E-state index is 13.5. The Morgan fingerprint density at radius 2 is 1.94 bits per heavy atom. The normalized spacial score (nSPS) is 17.0. The minimum absolute atomic E-state index is 0.153. The van der Waals surface area contributed by atoms with Gasteiger partial charge in [0.15, 0.2) is 5.76 Å². The third kappa shape index (κ3) is 4.51. The fraction of sp³-hybridized carbons (Fsp3) is 0.292. The first-order valence-corrected chi connectivity index (χ1v) is 10.4. The van der Waals surface area contributed by atoms with Crippen molar-refractivity contribution < 1.29 is 14.1 Å². The SMILES string of the molecule is CN[C@@H](C)C(=O)N[C@H]1CCc2ccccc2N(Cc2cc(-c3ccccc3)no2)C1=O. The Morgan fingerprint density at radius 1 is 1.19 bits per heavy atom. The van der Waals surface area contributed by atoms with Crippen molar-refractivity contribution in [3.05, 3.63) is 72.0 Å². The first-order chi connectivity index (χ1) is 15.1. The van der Waals surface area contributed by atoms with Crippen LogP contribution in [0.25, 0.3) is 11.3 Å². The molecule has 2 amide bonds. The zero-order valence-electron chi connectivity index (χ0n) is 17.7. The summed E-state index contributed by atoms with van der Waals surface area (Å²) in [5.41, 5.74) is 3.57. The molecule has 0 bridgehead atoms. The van der Waals surface area contributed by atoms with Crippen LogP contribution in [-0.4, -0.2) is 36.1 Å². The number of para-hydroxylation sites is 1. The van der Waals surface area contributed by atoms with E-state index in [-0.39, 0.29) is 24.4 Å². The lowest BCUT2D eigenvalue weighted by atomic mass is 10.1. The maximum Gasteiger partial charge on any atom is 0.249 e. The van der Waals surface area contributed by atoms with E-state index in [1.54, 1.807) is 18.9 Å². The summed E-state index contributed by atoms with van der Waals surface area (Å²) >= 11 is 0. The first-order valence-electron chi connectivity index (χ1n) is 10.4. The Hall–Kier alpha value is -3.45. The van der Waals surface area contributed by atoms with Crippen molar-refractivity contribution >= 4 is 17.5 Å². The molecular weight excluding hydrogens is 392 g/mol. The molecule has 2 N–H and O–H groups in total. The van der Waals surface area contributed by atoms with E-state index in [4.69, 9.17) is 4.52 Å². The summed E-state index contributed by atoms with van der Waals surface area (Å²) in [6, 6.07) is 18.5. The van der Waals surface area contributed by atoms with Crippen molar-refractivity contribution in [1.29, 1.82) is 0 Å². The number of nitrogens with zero attached hydrogens (tertiary/aromatic N) is 2. The van der Waals surface area contributed by atoms with E-state index in [0.29, 0.717) is 18.6 Å². The minimum atomic E-state index is -0.604. The Kier molecular flexibility index (Phi) is 6.13. The summed E-state index contributed by atoms with van der Waals surface area (Å²) < 4.78 is 5.56. The molecule has 31 heavy (non-hydrogen) atoms. The number of hydrogen-bond donors (Lipinski definition) is 2. The number of amides is 2. The molecule has 7 nitrogen and oxygen atoms in total. The van der Waals surface area contributed by atoms with Crippen LogP contribution in [0.5, 0.6) is 0 Å². The van der Waals surface area contributed by atoms with Gasteiger partial charge in [-0.3, -0.25) is 9.59 Å². The van der Waals surface area contributed by atoms with Crippen LogP contribution in [0.1, 0.15) is 24.7 Å². The van der Waals surface area contributed by atoms with E-state index >= 15 is 0 Å². The average molecular weight is 418 g/mol. The van der Waals surface area contributed by atoms with Gasteiger partial charge in [-0.15, -0.1) is 0 Å². The number of aromatic nitrogens is 1. The smallest absolute Gasteiger partial charge is 0.249 e. The second-order valence-electron chi connectivity index (χ2n) is 7.71. The number of carbonyl (C=O) groups is 2. The number of aryl methyl sites for hydroxylation is 1. The van der Waals surface area contributed by atoms with Gasteiger partial charge in [0.25, 0.3) is 0 Å². The molecule has 2 aromatic carbocycles. The monoisotopic (exact) mass is 418 g/mol. The van der Waals surface area contributed by atoms with Crippen molar-refractivity contribution in [2.24, 2.45) is 0 Å². The maximum atomic E-state index is 13.5. The highest BCUT2D eigenvalue weighted by Gasteiger charge is 2.32. The molecule has 7 heteroatoms. The Labute approximate surface area is 181 Å². The number of hydrogen-bond acceptors (Lipinski definition) is 5. The van der Waals surface area contributed by atoms with Gasteiger partial charge in [-0.2, -0.15) is 0 Å². The summed E-state index contributed by atoms with van der Waals surface area (Å²) in [7, 11) is 1.72. The van der Waals surface area contributed by atoms with Crippen LogP contribution < -0.4 is 15.5 Å². The van der Waals surface area contributed by atoms with Crippen LogP contribution in [-0.2, 0) is 22.6 Å². The summed E-state index contributed by atoms with van der Waals surface area (Å²) in [6.45, 7) is 2.01. The second-order valence-corrected chi connectivity index (χ2v) is 7.71. The van der Waals surface area contributed by atoms with Crippen molar-refractivity contribution in [2.45, 2.75) is 38.4 Å². The number of likely N-dealkylation sites (N-methyl/N-ethyl adjacent to an activating group) is 1. The third-order valence-corrected chi connectivity index (χ3v) is 5.63. The highest BCUT2D eigenvalue weighted by atomic mass is 16.5. The quantitative estimate of drug-likeness (QED) is 0.643. The Morgan fingerprint density at radius 3 is 2.71 bits per heavy atom. The van der Waals surface area contributed by atoms with Gasteiger partial charge in [-0.05, 0) is 38.4 Å². The molecule has 1 aliphatic heterocycles. The van der Waals surface area contributed by atoms with Gasteiger partial charge in [0.2, 0.25) is 11.8 Å². The van der Waals surface area contributed by atoms with Crippen molar-refractivity contribution in [1.82, 2.24) is 15.8 Å². The van der Waals surface area contributed by atoms with Crippen LogP contribution in [0.15, 0.2) is 65.2 Å². The van der Waals surface area contributed by atoms with Crippen molar-refractivity contribution in [2.75, 3.05) is 11.9 Å². The van der Waals surface area contributed by atoms with Crippen LogP contribution >= 0.6 is 0 Å². The lowest BCUT2D eigenvalue weighted by Gasteiger charge is -2.26. The lowest BCUT2D eigenvalue weighted by molar-refractivity contribution is -0.128. The Bertz CT molecular complexity index is 1060. The van der Waals surface area contributed by atoms with Crippen LogP contribution in [0, 0.1) is 0 Å². The van der Waals surface area contributed by atoms with Gasteiger partial charge >= 0.3 is 0 Å². The molecule has 1 aliphatic rings. The van der Waals surface area contributed by atoms with E-state index < -0.39 is 6.04 Å². The fourth-order valence-electron chi connectivity index (χ4n) is 3.73. The minimum Gasteiger partial charge on any atom is -0.359 e. The molecule has 0 saturated carbocycles.